The first-order valence-corrected chi connectivity index (χ1v) is 12.1. The highest BCUT2D eigenvalue weighted by molar-refractivity contribution is 5.92. The number of aromatic nitrogens is 2. The fraction of sp³-hybridized carbons (Fsp3) is 0.286. The zero-order valence-electron chi connectivity index (χ0n) is 20.0. The maximum atomic E-state index is 11.6. The van der Waals surface area contributed by atoms with Gasteiger partial charge in [0.1, 0.15) is 17.4 Å². The van der Waals surface area contributed by atoms with Crippen molar-refractivity contribution >= 4 is 10.9 Å². The second kappa shape index (κ2) is 7.54. The first-order valence-electron chi connectivity index (χ1n) is 12.1. The lowest BCUT2D eigenvalue weighted by Gasteiger charge is -2.26. The number of nitrogens with zero attached hydrogens (tertiary/aromatic N) is 3. The van der Waals surface area contributed by atoms with Gasteiger partial charge >= 0.3 is 0 Å². The minimum atomic E-state index is -0.798. The molecule has 0 amide bonds. The smallest absolute Gasteiger partial charge is 0.231 e. The molecule has 1 saturated heterocycles. The zero-order valence-corrected chi connectivity index (χ0v) is 20.0. The second-order valence-corrected chi connectivity index (χ2v) is 9.82. The molecule has 5 heterocycles. The molecular formula is C28H23N3O6. The third-order valence-corrected chi connectivity index (χ3v) is 7.76. The Balaban J connectivity index is 1.27. The maximum Gasteiger partial charge on any atom is 0.231 e. The van der Waals surface area contributed by atoms with Crippen molar-refractivity contribution in [3.8, 4) is 40.8 Å². The number of ether oxygens (including phenoxy) is 4. The largest absolute Gasteiger partial charge is 0.494 e. The van der Waals surface area contributed by atoms with E-state index in [2.05, 4.69) is 11.1 Å². The SMILES string of the molecule is C[C@]12CC[C@](CCOc3ccc4c(c3)OCO4)(O1)c1c2c(O)n(-c2ccc(C#N)c3ncccc23)c1O. The Bertz CT molecular complexity index is 1640. The second-order valence-electron chi connectivity index (χ2n) is 9.82. The van der Waals surface area contributed by atoms with Gasteiger partial charge in [0, 0.05) is 24.1 Å². The quantitative estimate of drug-likeness (QED) is 0.406. The van der Waals surface area contributed by atoms with E-state index in [0.717, 1.165) is 0 Å². The molecule has 0 saturated carbocycles. The minimum absolute atomic E-state index is 0.0666. The topological polar surface area (TPSA) is 119 Å². The molecule has 3 aliphatic heterocycles. The fourth-order valence-electron chi connectivity index (χ4n) is 6.08. The highest BCUT2D eigenvalue weighted by atomic mass is 16.7. The van der Waals surface area contributed by atoms with Crippen LogP contribution in [0, 0.1) is 11.3 Å². The molecular weight excluding hydrogens is 474 g/mol. The van der Waals surface area contributed by atoms with Gasteiger partial charge in [-0.2, -0.15) is 5.26 Å². The zero-order chi connectivity index (χ0) is 25.4. The van der Waals surface area contributed by atoms with Crippen LogP contribution in [0.3, 0.4) is 0 Å². The summed E-state index contributed by atoms with van der Waals surface area (Å²) in [6.45, 7) is 2.48. The summed E-state index contributed by atoms with van der Waals surface area (Å²) < 4.78 is 24.8. The standard InChI is InChI=1S/C28H23N3O6/c1-27-8-9-28(37-27,10-12-34-17-5-7-20-21(13-17)36-15-35-20)23-22(27)25(32)31(26(23)33)19-6-4-16(14-29)24-18(19)3-2-11-30-24/h2-7,11,13,32-33H,8-10,12,15H2,1H3/t27-,28-/m1/s1. The molecule has 0 spiro atoms. The van der Waals surface area contributed by atoms with E-state index in [1.54, 1.807) is 30.5 Å². The average Bonchev–Trinajstić information content (AvgIpc) is 3.63. The molecule has 2 bridgehead atoms. The van der Waals surface area contributed by atoms with Crippen molar-refractivity contribution in [1.29, 1.82) is 5.26 Å². The Kier molecular flexibility index (Phi) is 4.45. The Morgan fingerprint density at radius 3 is 2.78 bits per heavy atom. The Labute approximate surface area is 212 Å². The summed E-state index contributed by atoms with van der Waals surface area (Å²) in [5.74, 6) is 1.85. The fourth-order valence-corrected chi connectivity index (χ4v) is 6.08. The van der Waals surface area contributed by atoms with Crippen LogP contribution in [0.4, 0.5) is 0 Å². The Morgan fingerprint density at radius 1 is 1.08 bits per heavy atom. The molecule has 2 aromatic heterocycles. The first kappa shape index (κ1) is 21.8. The minimum Gasteiger partial charge on any atom is -0.494 e. The Morgan fingerprint density at radius 2 is 1.92 bits per heavy atom. The number of pyridine rings is 1. The molecule has 7 rings (SSSR count). The van der Waals surface area contributed by atoms with Crippen molar-refractivity contribution in [2.24, 2.45) is 0 Å². The lowest BCUT2D eigenvalue weighted by molar-refractivity contribution is -0.0876. The Hall–Kier alpha value is -4.42. The van der Waals surface area contributed by atoms with Crippen molar-refractivity contribution < 1.29 is 29.2 Å². The van der Waals surface area contributed by atoms with Crippen LogP contribution in [0.25, 0.3) is 16.6 Å². The van der Waals surface area contributed by atoms with E-state index in [1.807, 2.05) is 25.1 Å². The number of fused-ring (bicyclic) bond motifs is 7. The molecule has 2 N–H and O–H groups in total. The molecule has 0 aliphatic carbocycles. The lowest BCUT2D eigenvalue weighted by atomic mass is 9.78. The van der Waals surface area contributed by atoms with Gasteiger partial charge in [0.2, 0.25) is 18.6 Å². The van der Waals surface area contributed by atoms with E-state index in [9.17, 15) is 15.5 Å². The van der Waals surface area contributed by atoms with E-state index in [4.69, 9.17) is 18.9 Å². The van der Waals surface area contributed by atoms with E-state index in [-0.39, 0.29) is 18.6 Å². The van der Waals surface area contributed by atoms with Gasteiger partial charge < -0.3 is 29.2 Å². The van der Waals surface area contributed by atoms with Crippen molar-refractivity contribution in [1.82, 2.24) is 9.55 Å². The number of hydrogen-bond donors (Lipinski definition) is 2. The number of benzene rings is 2. The number of rotatable bonds is 5. The van der Waals surface area contributed by atoms with Crippen LogP contribution in [0.1, 0.15) is 42.9 Å². The van der Waals surface area contributed by atoms with Gasteiger partial charge in [-0.15, -0.1) is 0 Å². The van der Waals surface area contributed by atoms with Crippen LogP contribution in [0.15, 0.2) is 48.7 Å². The summed E-state index contributed by atoms with van der Waals surface area (Å²) in [7, 11) is 0. The molecule has 9 nitrogen and oxygen atoms in total. The van der Waals surface area contributed by atoms with Gasteiger partial charge in [-0.05, 0) is 56.2 Å². The summed E-state index contributed by atoms with van der Waals surface area (Å²) >= 11 is 0. The van der Waals surface area contributed by atoms with Gasteiger partial charge in [-0.1, -0.05) is 0 Å². The summed E-state index contributed by atoms with van der Waals surface area (Å²) in [5.41, 5.74) is 1.13. The molecule has 4 aromatic rings. The lowest BCUT2D eigenvalue weighted by Crippen LogP contribution is -2.25. The number of hydrogen-bond acceptors (Lipinski definition) is 8. The van der Waals surface area contributed by atoms with Gasteiger partial charge in [0.25, 0.3) is 0 Å². The monoisotopic (exact) mass is 497 g/mol. The molecule has 9 heteroatoms. The highest BCUT2D eigenvalue weighted by Gasteiger charge is 2.61. The molecule has 0 radical (unpaired) electrons. The molecule has 2 aromatic carbocycles. The van der Waals surface area contributed by atoms with Crippen LogP contribution < -0.4 is 14.2 Å². The molecule has 0 unspecified atom stereocenters. The summed E-state index contributed by atoms with van der Waals surface area (Å²) in [4.78, 5) is 4.36. The van der Waals surface area contributed by atoms with Crippen molar-refractivity contribution in [3.05, 3.63) is 65.4 Å². The molecule has 1 fully saturated rings. The van der Waals surface area contributed by atoms with E-state index in [0.29, 0.717) is 76.4 Å². The highest BCUT2D eigenvalue weighted by Crippen LogP contribution is 2.65. The first-order chi connectivity index (χ1) is 17.9. The summed E-state index contributed by atoms with van der Waals surface area (Å²) in [5, 5.41) is 33.2. The van der Waals surface area contributed by atoms with Crippen molar-refractivity contribution in [2.75, 3.05) is 13.4 Å². The van der Waals surface area contributed by atoms with E-state index in [1.165, 1.54) is 4.57 Å². The summed E-state index contributed by atoms with van der Waals surface area (Å²) in [6, 6.07) is 14.6. The predicted molar refractivity (Wildman–Crippen MR) is 131 cm³/mol. The van der Waals surface area contributed by atoms with E-state index < -0.39 is 11.2 Å². The van der Waals surface area contributed by atoms with Crippen LogP contribution >= 0.6 is 0 Å². The third-order valence-electron chi connectivity index (χ3n) is 7.76. The van der Waals surface area contributed by atoms with Crippen molar-refractivity contribution in [2.45, 2.75) is 37.4 Å². The number of aromatic hydroxyl groups is 2. The molecule has 37 heavy (non-hydrogen) atoms. The maximum absolute atomic E-state index is 11.6. The predicted octanol–water partition coefficient (Wildman–Crippen LogP) is 4.74. The molecule has 3 aliphatic rings. The van der Waals surface area contributed by atoms with Crippen LogP contribution in [-0.4, -0.2) is 33.2 Å². The van der Waals surface area contributed by atoms with Crippen LogP contribution in [0.2, 0.25) is 0 Å². The van der Waals surface area contributed by atoms with Crippen LogP contribution in [-0.2, 0) is 15.9 Å². The molecule has 186 valence electrons. The normalized spacial score (nSPS) is 22.8. The van der Waals surface area contributed by atoms with E-state index >= 15 is 0 Å². The molecule has 2 atom stereocenters. The van der Waals surface area contributed by atoms with Gasteiger partial charge in [0.05, 0.1) is 40.1 Å². The summed E-state index contributed by atoms with van der Waals surface area (Å²) in [6.07, 6.45) is 3.49. The van der Waals surface area contributed by atoms with Gasteiger partial charge in [0.15, 0.2) is 11.5 Å². The van der Waals surface area contributed by atoms with Gasteiger partial charge in [-0.3, -0.25) is 9.55 Å². The van der Waals surface area contributed by atoms with Crippen molar-refractivity contribution in [3.63, 3.8) is 0 Å². The third kappa shape index (κ3) is 2.96. The van der Waals surface area contributed by atoms with Gasteiger partial charge in [-0.25, -0.2) is 0 Å². The number of nitriles is 1. The van der Waals surface area contributed by atoms with Crippen LogP contribution in [0.5, 0.6) is 29.0 Å². The average molecular weight is 498 g/mol.